The quantitative estimate of drug-likeness (QED) is 0.765. The molecule has 0 amide bonds. The molecule has 138 valence electrons. The van der Waals surface area contributed by atoms with Gasteiger partial charge in [-0.25, -0.2) is 4.98 Å². The summed E-state index contributed by atoms with van der Waals surface area (Å²) in [6.07, 6.45) is 5.52. The third kappa shape index (κ3) is 3.68. The zero-order valence-electron chi connectivity index (χ0n) is 15.0. The number of hydrogen-bond acceptors (Lipinski definition) is 6. The van der Waals surface area contributed by atoms with E-state index < -0.39 is 0 Å². The van der Waals surface area contributed by atoms with Crippen LogP contribution < -0.4 is 15.2 Å². The molecule has 1 N–H and O–H groups in total. The predicted octanol–water partition coefficient (Wildman–Crippen LogP) is 2.33. The zero-order valence-corrected chi connectivity index (χ0v) is 15.0. The number of morpholine rings is 1. The van der Waals surface area contributed by atoms with Crippen molar-refractivity contribution in [2.75, 3.05) is 38.3 Å². The summed E-state index contributed by atoms with van der Waals surface area (Å²) in [4.78, 5) is 26.5. The van der Waals surface area contributed by atoms with E-state index >= 15 is 0 Å². The smallest absolute Gasteiger partial charge is 0.262 e. The van der Waals surface area contributed by atoms with Crippen molar-refractivity contribution >= 4 is 29.1 Å². The molecule has 0 atom stereocenters. The highest BCUT2D eigenvalue weighted by Crippen LogP contribution is 2.18. The van der Waals surface area contributed by atoms with Crippen LogP contribution in [0.25, 0.3) is 23.2 Å². The number of aromatic amines is 1. The van der Waals surface area contributed by atoms with E-state index in [0.29, 0.717) is 43.3 Å². The van der Waals surface area contributed by atoms with Gasteiger partial charge in [0.25, 0.3) is 5.56 Å². The van der Waals surface area contributed by atoms with E-state index in [1.54, 1.807) is 13.3 Å². The molecule has 0 unspecified atom stereocenters. The number of rotatable bonds is 4. The van der Waals surface area contributed by atoms with Crippen LogP contribution in [0.1, 0.15) is 11.1 Å². The summed E-state index contributed by atoms with van der Waals surface area (Å²) in [5.41, 5.74) is 2.04. The highest BCUT2D eigenvalue weighted by atomic mass is 16.5. The number of pyridine rings is 1. The third-order valence-electron chi connectivity index (χ3n) is 4.51. The molecular formula is C20H20N4O3. The van der Waals surface area contributed by atoms with Crippen LogP contribution in [0.15, 0.2) is 41.3 Å². The van der Waals surface area contributed by atoms with Crippen molar-refractivity contribution in [2.24, 2.45) is 0 Å². The van der Waals surface area contributed by atoms with Gasteiger partial charge in [-0.1, -0.05) is 24.3 Å². The number of methoxy groups -OCH3 is 1. The highest BCUT2D eigenvalue weighted by Gasteiger charge is 2.16. The van der Waals surface area contributed by atoms with E-state index in [4.69, 9.17) is 9.47 Å². The van der Waals surface area contributed by atoms with E-state index in [9.17, 15) is 4.79 Å². The molecule has 27 heavy (non-hydrogen) atoms. The standard InChI is InChI=1S/C20H20N4O3/c1-26-16-6-3-14(4-7-16)2-5-15-8-9-21-18-17(15)19(25)23-20(22-18)24-10-12-27-13-11-24/h2-9H,10-13H2,1H3,(H,21,22,23,25)/b5-2+. The van der Waals surface area contributed by atoms with E-state index in [-0.39, 0.29) is 5.56 Å². The summed E-state index contributed by atoms with van der Waals surface area (Å²) in [7, 11) is 1.64. The Balaban J connectivity index is 1.68. The van der Waals surface area contributed by atoms with Crippen molar-refractivity contribution in [2.45, 2.75) is 0 Å². The zero-order chi connectivity index (χ0) is 18.6. The number of fused-ring (bicyclic) bond motifs is 1. The molecule has 0 saturated carbocycles. The summed E-state index contributed by atoms with van der Waals surface area (Å²) in [5, 5.41) is 0.485. The fraction of sp³-hybridized carbons (Fsp3) is 0.250. The summed E-state index contributed by atoms with van der Waals surface area (Å²) in [6, 6.07) is 9.52. The average molecular weight is 364 g/mol. The summed E-state index contributed by atoms with van der Waals surface area (Å²) in [6.45, 7) is 2.65. The maximum atomic E-state index is 12.7. The van der Waals surface area contributed by atoms with Gasteiger partial charge < -0.3 is 14.4 Å². The molecule has 0 bridgehead atoms. The fourth-order valence-electron chi connectivity index (χ4n) is 3.04. The molecule has 0 aliphatic carbocycles. The summed E-state index contributed by atoms with van der Waals surface area (Å²) >= 11 is 0. The molecule has 0 spiro atoms. The average Bonchev–Trinajstić information content (AvgIpc) is 2.73. The van der Waals surface area contributed by atoms with Crippen molar-refractivity contribution < 1.29 is 9.47 Å². The maximum absolute atomic E-state index is 12.7. The number of aromatic nitrogens is 3. The molecule has 1 aliphatic heterocycles. The Bertz CT molecular complexity index is 1020. The van der Waals surface area contributed by atoms with Gasteiger partial charge in [0.15, 0.2) is 5.65 Å². The normalized spacial score (nSPS) is 14.8. The second kappa shape index (κ2) is 7.59. The fourth-order valence-corrected chi connectivity index (χ4v) is 3.04. The third-order valence-corrected chi connectivity index (χ3v) is 4.51. The molecule has 1 saturated heterocycles. The maximum Gasteiger partial charge on any atom is 0.262 e. The number of nitrogens with zero attached hydrogens (tertiary/aromatic N) is 3. The first-order valence-electron chi connectivity index (χ1n) is 8.78. The van der Waals surface area contributed by atoms with Gasteiger partial charge in [-0.2, -0.15) is 4.98 Å². The monoisotopic (exact) mass is 364 g/mol. The molecule has 0 radical (unpaired) electrons. The molecule has 1 aromatic carbocycles. The largest absolute Gasteiger partial charge is 0.497 e. The second-order valence-corrected chi connectivity index (χ2v) is 6.19. The second-order valence-electron chi connectivity index (χ2n) is 6.19. The summed E-state index contributed by atoms with van der Waals surface area (Å²) < 4.78 is 10.5. The van der Waals surface area contributed by atoms with Crippen LogP contribution >= 0.6 is 0 Å². The topological polar surface area (TPSA) is 80.3 Å². The van der Waals surface area contributed by atoms with Gasteiger partial charge in [-0.05, 0) is 29.3 Å². The number of ether oxygens (including phenoxy) is 2. The lowest BCUT2D eigenvalue weighted by atomic mass is 10.1. The van der Waals surface area contributed by atoms with Gasteiger partial charge >= 0.3 is 0 Å². The molecule has 1 aliphatic rings. The van der Waals surface area contributed by atoms with Gasteiger partial charge in [0.2, 0.25) is 5.95 Å². The lowest BCUT2D eigenvalue weighted by Gasteiger charge is -2.27. The van der Waals surface area contributed by atoms with E-state index in [1.807, 2.05) is 47.4 Å². The van der Waals surface area contributed by atoms with Gasteiger partial charge in [0.05, 0.1) is 25.7 Å². The van der Waals surface area contributed by atoms with Crippen LogP contribution in [0.2, 0.25) is 0 Å². The number of H-pyrrole nitrogens is 1. The van der Waals surface area contributed by atoms with Crippen molar-refractivity contribution in [1.82, 2.24) is 15.0 Å². The minimum atomic E-state index is -0.191. The number of nitrogens with one attached hydrogen (secondary N) is 1. The molecule has 3 aromatic rings. The molecule has 7 nitrogen and oxygen atoms in total. The van der Waals surface area contributed by atoms with E-state index in [0.717, 1.165) is 16.9 Å². The van der Waals surface area contributed by atoms with E-state index in [2.05, 4.69) is 15.0 Å². The van der Waals surface area contributed by atoms with Gasteiger partial charge in [0.1, 0.15) is 5.75 Å². The Morgan fingerprint density at radius 1 is 1.15 bits per heavy atom. The lowest BCUT2D eigenvalue weighted by Crippen LogP contribution is -2.38. The Kier molecular flexibility index (Phi) is 4.84. The SMILES string of the molecule is COc1ccc(/C=C/c2ccnc3nc(N4CCOCC4)[nH]c(=O)c23)cc1. The van der Waals surface area contributed by atoms with Crippen molar-refractivity contribution in [1.29, 1.82) is 0 Å². The molecule has 4 rings (SSSR count). The molecule has 1 fully saturated rings. The Morgan fingerprint density at radius 3 is 2.67 bits per heavy atom. The van der Waals surface area contributed by atoms with Crippen molar-refractivity contribution in [3.8, 4) is 5.75 Å². The highest BCUT2D eigenvalue weighted by molar-refractivity contribution is 5.88. The first-order chi connectivity index (χ1) is 13.2. The lowest BCUT2D eigenvalue weighted by molar-refractivity contribution is 0.122. The van der Waals surface area contributed by atoms with Crippen LogP contribution in [0.5, 0.6) is 5.75 Å². The molecular weight excluding hydrogens is 344 g/mol. The van der Waals surface area contributed by atoms with Crippen LogP contribution in [0, 0.1) is 0 Å². The first kappa shape index (κ1) is 17.2. The van der Waals surface area contributed by atoms with Crippen molar-refractivity contribution in [3.63, 3.8) is 0 Å². The van der Waals surface area contributed by atoms with Gasteiger partial charge in [-0.15, -0.1) is 0 Å². The Morgan fingerprint density at radius 2 is 1.93 bits per heavy atom. The minimum absolute atomic E-state index is 0.191. The van der Waals surface area contributed by atoms with Crippen molar-refractivity contribution in [3.05, 3.63) is 58.0 Å². The number of anilines is 1. The van der Waals surface area contributed by atoms with Crippen LogP contribution in [-0.4, -0.2) is 48.4 Å². The Hall–Kier alpha value is -3.19. The Labute approximate surface area is 156 Å². The van der Waals surface area contributed by atoms with Crippen LogP contribution in [0.3, 0.4) is 0 Å². The predicted molar refractivity (Wildman–Crippen MR) is 105 cm³/mol. The van der Waals surface area contributed by atoms with Crippen LogP contribution in [0.4, 0.5) is 5.95 Å². The van der Waals surface area contributed by atoms with Crippen LogP contribution in [-0.2, 0) is 4.74 Å². The first-order valence-corrected chi connectivity index (χ1v) is 8.78. The van der Waals surface area contributed by atoms with E-state index in [1.165, 1.54) is 0 Å². The molecule has 2 aromatic heterocycles. The molecule has 7 heteroatoms. The number of benzene rings is 1. The van der Waals surface area contributed by atoms with Gasteiger partial charge in [-0.3, -0.25) is 9.78 Å². The summed E-state index contributed by atoms with van der Waals surface area (Å²) in [5.74, 6) is 1.34. The van der Waals surface area contributed by atoms with Gasteiger partial charge in [0, 0.05) is 19.3 Å². The number of hydrogen-bond donors (Lipinski definition) is 1. The minimum Gasteiger partial charge on any atom is -0.497 e. The molecule has 3 heterocycles.